The van der Waals surface area contributed by atoms with Crippen LogP contribution in [0.1, 0.15) is 16.0 Å². The predicted octanol–water partition coefficient (Wildman–Crippen LogP) is 3.63. The molecule has 0 radical (unpaired) electrons. The predicted molar refractivity (Wildman–Crippen MR) is 99.3 cm³/mol. The van der Waals surface area contributed by atoms with Gasteiger partial charge in [-0.15, -0.1) is 11.3 Å². The van der Waals surface area contributed by atoms with Crippen LogP contribution in [0.2, 0.25) is 0 Å². The first-order valence-electron chi connectivity index (χ1n) is 7.43. The standard InChI is InChI=1S/C18H17N3O2S/c1-12-13(2)24-17-16(12)18(22)21(11-19-17)20-10-6-8-14-7-4-5-9-15(14)23-3/h4-11H,1-3H3/b8-6+,20-10+. The second-order valence-corrected chi connectivity index (χ2v) is 6.43. The third kappa shape index (κ3) is 3.00. The Morgan fingerprint density at radius 3 is 2.88 bits per heavy atom. The topological polar surface area (TPSA) is 56.5 Å². The molecule has 0 fully saturated rings. The molecule has 0 aliphatic heterocycles. The van der Waals surface area contributed by atoms with Crippen LogP contribution in [-0.2, 0) is 0 Å². The van der Waals surface area contributed by atoms with E-state index < -0.39 is 0 Å². The first-order chi connectivity index (χ1) is 11.6. The van der Waals surface area contributed by atoms with Gasteiger partial charge in [0, 0.05) is 16.7 Å². The van der Waals surface area contributed by atoms with Crippen LogP contribution < -0.4 is 10.3 Å². The minimum Gasteiger partial charge on any atom is -0.496 e. The van der Waals surface area contributed by atoms with Gasteiger partial charge in [-0.25, -0.2) is 4.98 Å². The summed E-state index contributed by atoms with van der Waals surface area (Å²) in [5, 5.41) is 4.81. The van der Waals surface area contributed by atoms with Gasteiger partial charge in [0.05, 0.1) is 12.5 Å². The number of methoxy groups -OCH3 is 1. The molecule has 0 N–H and O–H groups in total. The minimum absolute atomic E-state index is 0.149. The van der Waals surface area contributed by atoms with Gasteiger partial charge >= 0.3 is 0 Å². The van der Waals surface area contributed by atoms with Crippen LogP contribution in [-0.4, -0.2) is 23.0 Å². The molecule has 0 amide bonds. The van der Waals surface area contributed by atoms with Crippen LogP contribution in [0, 0.1) is 13.8 Å². The second kappa shape index (κ2) is 6.80. The molecule has 1 aromatic carbocycles. The van der Waals surface area contributed by atoms with E-state index in [9.17, 15) is 4.79 Å². The Hall–Kier alpha value is -2.73. The number of benzene rings is 1. The lowest BCUT2D eigenvalue weighted by molar-refractivity contribution is 0.414. The van der Waals surface area contributed by atoms with Gasteiger partial charge in [0.2, 0.25) is 0 Å². The van der Waals surface area contributed by atoms with Crippen molar-refractivity contribution in [2.45, 2.75) is 13.8 Å². The highest BCUT2D eigenvalue weighted by Crippen LogP contribution is 2.25. The summed E-state index contributed by atoms with van der Waals surface area (Å²) in [5.74, 6) is 0.784. The molecule has 0 saturated carbocycles. The fourth-order valence-electron chi connectivity index (χ4n) is 2.37. The quantitative estimate of drug-likeness (QED) is 0.682. The van der Waals surface area contributed by atoms with E-state index in [0.717, 1.165) is 26.6 Å². The van der Waals surface area contributed by atoms with E-state index in [-0.39, 0.29) is 5.56 Å². The van der Waals surface area contributed by atoms with Crippen molar-refractivity contribution in [3.8, 4) is 5.75 Å². The van der Waals surface area contributed by atoms with Gasteiger partial charge in [-0.1, -0.05) is 18.2 Å². The molecule has 24 heavy (non-hydrogen) atoms. The Kier molecular flexibility index (Phi) is 4.57. The van der Waals surface area contributed by atoms with Crippen molar-refractivity contribution < 1.29 is 4.74 Å². The first-order valence-corrected chi connectivity index (χ1v) is 8.25. The monoisotopic (exact) mass is 339 g/mol. The van der Waals surface area contributed by atoms with Crippen molar-refractivity contribution in [3.05, 3.63) is 63.0 Å². The van der Waals surface area contributed by atoms with E-state index in [1.165, 1.54) is 22.3 Å². The average Bonchev–Trinajstić information content (AvgIpc) is 2.89. The summed E-state index contributed by atoms with van der Waals surface area (Å²) in [5.41, 5.74) is 1.77. The van der Waals surface area contributed by atoms with E-state index in [1.54, 1.807) is 19.4 Å². The van der Waals surface area contributed by atoms with E-state index in [1.807, 2.05) is 44.2 Å². The van der Waals surface area contributed by atoms with Gasteiger partial charge in [0.15, 0.2) is 0 Å². The normalized spacial score (nSPS) is 11.8. The molecule has 3 aromatic rings. The molecular weight excluding hydrogens is 322 g/mol. The van der Waals surface area contributed by atoms with Gasteiger partial charge in [-0.05, 0) is 37.6 Å². The number of fused-ring (bicyclic) bond motifs is 1. The van der Waals surface area contributed by atoms with Gasteiger partial charge in [0.25, 0.3) is 5.56 Å². The van der Waals surface area contributed by atoms with Crippen LogP contribution in [0.3, 0.4) is 0 Å². The number of nitrogens with zero attached hydrogens (tertiary/aromatic N) is 3. The molecule has 2 heterocycles. The van der Waals surface area contributed by atoms with Crippen molar-refractivity contribution in [2.75, 3.05) is 7.11 Å². The lowest BCUT2D eigenvalue weighted by Gasteiger charge is -2.02. The maximum absolute atomic E-state index is 12.5. The summed E-state index contributed by atoms with van der Waals surface area (Å²) in [6, 6.07) is 7.68. The summed E-state index contributed by atoms with van der Waals surface area (Å²) in [4.78, 5) is 18.7. The van der Waals surface area contributed by atoms with Crippen LogP contribution in [0.4, 0.5) is 0 Å². The maximum Gasteiger partial charge on any atom is 0.282 e. The number of para-hydroxylation sites is 1. The van der Waals surface area contributed by atoms with Crippen molar-refractivity contribution in [2.24, 2.45) is 5.10 Å². The molecule has 3 rings (SSSR count). The molecular formula is C18H17N3O2S. The first kappa shape index (κ1) is 16.1. The van der Waals surface area contributed by atoms with Gasteiger partial charge in [-0.3, -0.25) is 4.79 Å². The maximum atomic E-state index is 12.5. The number of rotatable bonds is 4. The molecule has 0 aliphatic carbocycles. The number of hydrogen-bond donors (Lipinski definition) is 0. The van der Waals surface area contributed by atoms with Crippen LogP contribution in [0.5, 0.6) is 5.75 Å². The van der Waals surface area contributed by atoms with E-state index >= 15 is 0 Å². The lowest BCUT2D eigenvalue weighted by atomic mass is 10.2. The highest BCUT2D eigenvalue weighted by molar-refractivity contribution is 7.18. The summed E-state index contributed by atoms with van der Waals surface area (Å²) < 4.78 is 6.54. The zero-order chi connectivity index (χ0) is 17.1. The highest BCUT2D eigenvalue weighted by Gasteiger charge is 2.11. The molecule has 0 spiro atoms. The number of aryl methyl sites for hydroxylation is 2. The third-order valence-electron chi connectivity index (χ3n) is 3.76. The van der Waals surface area contributed by atoms with Crippen molar-refractivity contribution in [3.63, 3.8) is 0 Å². The number of ether oxygens (including phenoxy) is 1. The molecule has 0 aliphatic rings. The zero-order valence-electron chi connectivity index (χ0n) is 13.7. The van der Waals surface area contributed by atoms with Crippen molar-refractivity contribution >= 4 is 33.8 Å². The number of allylic oxidation sites excluding steroid dienone is 1. The Balaban J connectivity index is 1.88. The Morgan fingerprint density at radius 2 is 2.08 bits per heavy atom. The van der Waals surface area contributed by atoms with Crippen LogP contribution in [0.25, 0.3) is 16.3 Å². The molecule has 2 aromatic heterocycles. The molecule has 0 unspecified atom stereocenters. The van der Waals surface area contributed by atoms with Crippen molar-refractivity contribution in [1.29, 1.82) is 0 Å². The zero-order valence-corrected chi connectivity index (χ0v) is 14.5. The summed E-state index contributed by atoms with van der Waals surface area (Å²) >= 11 is 1.53. The second-order valence-electron chi connectivity index (χ2n) is 5.22. The van der Waals surface area contributed by atoms with Crippen molar-refractivity contribution in [1.82, 2.24) is 9.66 Å². The smallest absolute Gasteiger partial charge is 0.282 e. The van der Waals surface area contributed by atoms with E-state index in [2.05, 4.69) is 10.1 Å². The number of hydrogen-bond acceptors (Lipinski definition) is 5. The third-order valence-corrected chi connectivity index (χ3v) is 4.88. The van der Waals surface area contributed by atoms with E-state index in [4.69, 9.17) is 4.74 Å². The Labute approximate surface area is 143 Å². The number of aromatic nitrogens is 2. The summed E-state index contributed by atoms with van der Waals surface area (Å²) in [7, 11) is 1.63. The van der Waals surface area contributed by atoms with Gasteiger partial charge < -0.3 is 4.74 Å². The fourth-order valence-corrected chi connectivity index (χ4v) is 3.36. The Bertz CT molecular complexity index is 999. The summed E-state index contributed by atoms with van der Waals surface area (Å²) in [6.45, 7) is 3.93. The highest BCUT2D eigenvalue weighted by atomic mass is 32.1. The fraction of sp³-hybridized carbons (Fsp3) is 0.167. The molecule has 122 valence electrons. The lowest BCUT2D eigenvalue weighted by Crippen LogP contribution is -2.16. The van der Waals surface area contributed by atoms with Crippen LogP contribution >= 0.6 is 11.3 Å². The molecule has 0 saturated heterocycles. The molecule has 6 heteroatoms. The molecule has 0 bridgehead atoms. The van der Waals surface area contributed by atoms with Crippen LogP contribution in [0.15, 0.2) is 46.6 Å². The average molecular weight is 339 g/mol. The summed E-state index contributed by atoms with van der Waals surface area (Å²) in [6.07, 6.45) is 6.66. The molecule has 0 atom stereocenters. The Morgan fingerprint density at radius 1 is 1.29 bits per heavy atom. The van der Waals surface area contributed by atoms with E-state index in [0.29, 0.717) is 5.39 Å². The van der Waals surface area contributed by atoms with Gasteiger partial charge in [-0.2, -0.15) is 9.78 Å². The van der Waals surface area contributed by atoms with Gasteiger partial charge in [0.1, 0.15) is 16.9 Å². The minimum atomic E-state index is -0.149. The SMILES string of the molecule is COc1ccccc1/C=C/C=N/n1cnc2sc(C)c(C)c2c1=O. The largest absolute Gasteiger partial charge is 0.496 e. The number of thiophene rings is 1. The molecule has 5 nitrogen and oxygen atoms in total.